The Morgan fingerprint density at radius 2 is 2.03 bits per heavy atom. The molecule has 0 unspecified atom stereocenters. The minimum atomic E-state index is -0.271. The van der Waals surface area contributed by atoms with Gasteiger partial charge in [0.1, 0.15) is 16.5 Å². The first kappa shape index (κ1) is 17.5. The molecule has 6 rings (SSSR count). The molecule has 0 saturated heterocycles. The van der Waals surface area contributed by atoms with Gasteiger partial charge in [-0.15, -0.1) is 11.3 Å². The number of benzene rings is 2. The van der Waals surface area contributed by atoms with Crippen molar-refractivity contribution in [2.24, 2.45) is 0 Å². The molecule has 0 aliphatic heterocycles. The number of fused-ring (bicyclic) bond motifs is 3. The van der Waals surface area contributed by atoms with E-state index in [1.54, 1.807) is 29.0 Å². The van der Waals surface area contributed by atoms with Crippen molar-refractivity contribution in [3.05, 3.63) is 82.2 Å². The number of hydrogen-bond donors (Lipinski definition) is 0. The van der Waals surface area contributed by atoms with Crippen LogP contribution in [-0.4, -0.2) is 14.7 Å². The van der Waals surface area contributed by atoms with Crippen LogP contribution < -0.4 is 5.56 Å². The first-order valence-corrected chi connectivity index (χ1v) is 10.6. The van der Waals surface area contributed by atoms with Gasteiger partial charge in [-0.2, -0.15) is 0 Å². The third-order valence-electron chi connectivity index (χ3n) is 5.58. The van der Waals surface area contributed by atoms with Gasteiger partial charge in [-0.3, -0.25) is 9.36 Å². The molecule has 5 aromatic rings. The number of hydrogen-bond acceptors (Lipinski definition) is 5. The predicted octanol–water partition coefficient (Wildman–Crippen LogP) is 5.33. The van der Waals surface area contributed by atoms with Crippen LogP contribution in [0.5, 0.6) is 0 Å². The Kier molecular flexibility index (Phi) is 3.86. The van der Waals surface area contributed by atoms with Crippen molar-refractivity contribution in [1.29, 1.82) is 0 Å². The monoisotopic (exact) mass is 417 g/mol. The normalized spacial score (nSPS) is 14.0. The maximum absolute atomic E-state index is 14.0. The summed E-state index contributed by atoms with van der Waals surface area (Å²) in [4.78, 5) is 19.3. The molecular weight excluding hydrogens is 401 g/mol. The number of thiophene rings is 1. The van der Waals surface area contributed by atoms with Crippen LogP contribution in [-0.2, 0) is 6.54 Å². The second kappa shape index (κ2) is 6.60. The zero-order valence-electron chi connectivity index (χ0n) is 15.8. The lowest BCUT2D eigenvalue weighted by Gasteiger charge is -2.14. The molecule has 2 aromatic carbocycles. The fourth-order valence-corrected chi connectivity index (χ4v) is 5.07. The lowest BCUT2D eigenvalue weighted by Crippen LogP contribution is -2.24. The highest BCUT2D eigenvalue weighted by molar-refractivity contribution is 7.25. The second-order valence-corrected chi connectivity index (χ2v) is 8.62. The summed E-state index contributed by atoms with van der Waals surface area (Å²) in [6.07, 6.45) is 3.60. The second-order valence-electron chi connectivity index (χ2n) is 7.59. The van der Waals surface area contributed by atoms with Gasteiger partial charge in [-0.25, -0.2) is 9.37 Å². The highest BCUT2D eigenvalue weighted by Gasteiger charge is 2.29. The molecule has 0 spiro atoms. The summed E-state index contributed by atoms with van der Waals surface area (Å²) >= 11 is 1.50. The van der Waals surface area contributed by atoms with Crippen LogP contribution in [0.3, 0.4) is 0 Å². The van der Waals surface area contributed by atoms with Gasteiger partial charge in [0.25, 0.3) is 5.56 Å². The first-order chi connectivity index (χ1) is 14.7. The third-order valence-corrected chi connectivity index (χ3v) is 6.64. The molecule has 0 amide bonds. The molecule has 1 aliphatic carbocycles. The van der Waals surface area contributed by atoms with Gasteiger partial charge in [-0.1, -0.05) is 23.4 Å². The summed E-state index contributed by atoms with van der Waals surface area (Å²) in [6, 6.07) is 14.3. The van der Waals surface area contributed by atoms with Gasteiger partial charge < -0.3 is 4.52 Å². The van der Waals surface area contributed by atoms with E-state index in [0.29, 0.717) is 27.7 Å². The summed E-state index contributed by atoms with van der Waals surface area (Å²) < 4.78 is 21.9. The Morgan fingerprint density at radius 3 is 2.83 bits per heavy atom. The molecular formula is C23H16FN3O2S. The van der Waals surface area contributed by atoms with Gasteiger partial charge in [0, 0.05) is 21.7 Å². The van der Waals surface area contributed by atoms with E-state index >= 15 is 0 Å². The molecule has 1 aliphatic rings. The average molecular weight is 417 g/mol. The minimum absolute atomic E-state index is 0.130. The van der Waals surface area contributed by atoms with Gasteiger partial charge in [0.15, 0.2) is 5.76 Å². The van der Waals surface area contributed by atoms with E-state index in [1.165, 1.54) is 17.4 Å². The smallest absolute Gasteiger partial charge is 0.263 e. The quantitative estimate of drug-likeness (QED) is 0.396. The van der Waals surface area contributed by atoms with Crippen molar-refractivity contribution < 1.29 is 8.91 Å². The van der Waals surface area contributed by atoms with Crippen molar-refractivity contribution in [3.63, 3.8) is 0 Å². The summed E-state index contributed by atoms with van der Waals surface area (Å²) in [5.41, 5.74) is 1.58. The molecule has 30 heavy (non-hydrogen) atoms. The number of nitrogens with zero attached hydrogens (tertiary/aromatic N) is 3. The van der Waals surface area contributed by atoms with Crippen molar-refractivity contribution in [1.82, 2.24) is 14.7 Å². The fraction of sp³-hybridized carbons (Fsp3) is 0.174. The largest absolute Gasteiger partial charge is 0.359 e. The maximum atomic E-state index is 14.0. The molecule has 0 atom stereocenters. The fourth-order valence-electron chi connectivity index (χ4n) is 4.01. The molecule has 1 saturated carbocycles. The highest BCUT2D eigenvalue weighted by atomic mass is 32.1. The van der Waals surface area contributed by atoms with Crippen LogP contribution in [0.4, 0.5) is 4.39 Å². The van der Waals surface area contributed by atoms with E-state index in [1.807, 2.05) is 24.3 Å². The zero-order chi connectivity index (χ0) is 20.2. The number of rotatable bonds is 4. The van der Waals surface area contributed by atoms with Crippen LogP contribution >= 0.6 is 11.3 Å². The zero-order valence-corrected chi connectivity index (χ0v) is 16.7. The third kappa shape index (κ3) is 2.77. The van der Waals surface area contributed by atoms with Crippen LogP contribution in [0.2, 0.25) is 0 Å². The Bertz CT molecular complexity index is 1470. The van der Waals surface area contributed by atoms with E-state index in [0.717, 1.165) is 34.1 Å². The Morgan fingerprint density at radius 1 is 1.17 bits per heavy atom. The minimum Gasteiger partial charge on any atom is -0.359 e. The molecule has 148 valence electrons. The predicted molar refractivity (Wildman–Crippen MR) is 114 cm³/mol. The topological polar surface area (TPSA) is 60.9 Å². The standard InChI is InChI=1S/C23H16FN3O2S/c24-14-7-8-16(18(11-14)13-5-6-13)21-26-22-20(17-3-1-2-4-19(17)30-22)23(28)27(21)12-15-9-10-25-29-15/h1-4,7-11,13H,5-6,12H2. The van der Waals surface area contributed by atoms with E-state index in [2.05, 4.69) is 5.16 Å². The maximum Gasteiger partial charge on any atom is 0.263 e. The summed E-state index contributed by atoms with van der Waals surface area (Å²) in [5.74, 6) is 1.14. The van der Waals surface area contributed by atoms with Gasteiger partial charge >= 0.3 is 0 Å². The molecule has 7 heteroatoms. The Balaban J connectivity index is 1.68. The molecule has 5 nitrogen and oxygen atoms in total. The Labute approximate surface area is 174 Å². The molecule has 0 radical (unpaired) electrons. The van der Waals surface area contributed by atoms with Crippen LogP contribution in [0.1, 0.15) is 30.1 Å². The highest BCUT2D eigenvalue weighted by Crippen LogP contribution is 2.44. The van der Waals surface area contributed by atoms with Crippen LogP contribution in [0.15, 0.2) is 64.0 Å². The molecule has 3 heterocycles. The SMILES string of the molecule is O=c1c2c(nc(-c3ccc(F)cc3C3CC3)n1Cc1ccno1)sc1ccccc12. The van der Waals surface area contributed by atoms with E-state index in [9.17, 15) is 9.18 Å². The van der Waals surface area contributed by atoms with Crippen LogP contribution in [0, 0.1) is 5.82 Å². The molecule has 0 N–H and O–H groups in total. The Hall–Kier alpha value is -3.32. The summed E-state index contributed by atoms with van der Waals surface area (Å²) in [7, 11) is 0. The van der Waals surface area contributed by atoms with Crippen LogP contribution in [0.25, 0.3) is 31.7 Å². The molecule has 3 aromatic heterocycles. The number of halogens is 1. The van der Waals surface area contributed by atoms with Crippen molar-refractivity contribution in [2.75, 3.05) is 0 Å². The van der Waals surface area contributed by atoms with Crippen molar-refractivity contribution in [2.45, 2.75) is 25.3 Å². The van der Waals surface area contributed by atoms with Crippen molar-refractivity contribution in [3.8, 4) is 11.4 Å². The van der Waals surface area contributed by atoms with Gasteiger partial charge in [0.2, 0.25) is 0 Å². The molecule has 0 bridgehead atoms. The average Bonchev–Trinajstić information content (AvgIpc) is 3.34. The van der Waals surface area contributed by atoms with Crippen molar-refractivity contribution >= 4 is 31.6 Å². The number of aromatic nitrogens is 3. The first-order valence-electron chi connectivity index (χ1n) is 9.80. The summed E-state index contributed by atoms with van der Waals surface area (Å²) in [5, 5.41) is 5.26. The lowest BCUT2D eigenvalue weighted by atomic mass is 10.0. The van der Waals surface area contributed by atoms with E-state index in [4.69, 9.17) is 9.51 Å². The lowest BCUT2D eigenvalue weighted by molar-refractivity contribution is 0.375. The van der Waals surface area contributed by atoms with E-state index < -0.39 is 0 Å². The van der Waals surface area contributed by atoms with E-state index in [-0.39, 0.29) is 17.9 Å². The van der Waals surface area contributed by atoms with Gasteiger partial charge in [0.05, 0.1) is 18.1 Å². The van der Waals surface area contributed by atoms with Gasteiger partial charge in [-0.05, 0) is 48.6 Å². The summed E-state index contributed by atoms with van der Waals surface area (Å²) in [6.45, 7) is 0.211. The molecule has 1 fully saturated rings.